The van der Waals surface area contributed by atoms with Crippen molar-refractivity contribution in [2.75, 3.05) is 19.6 Å². The molecule has 0 aliphatic rings. The summed E-state index contributed by atoms with van der Waals surface area (Å²) in [6, 6.07) is 26.0. The number of carbonyl (C=O) groups is 2. The number of aromatic nitrogens is 1. The van der Waals surface area contributed by atoms with Crippen LogP contribution in [-0.4, -0.2) is 46.2 Å². The number of H-pyrrole nitrogens is 1. The lowest BCUT2D eigenvalue weighted by molar-refractivity contribution is -0.137. The molecule has 1 aromatic heterocycles. The standard InChI is InChI=1S/C34H32F3N3O2/c1-2-18-40(33(42)27-14-13-25-7-3-4-8-26(25)20-27)23-32(41)39(22-24-11-15-29(16-12-24)34(35,36)37)19-17-28-21-38-31-10-6-5-9-30(28)31/h3-16,20-21,38H,2,17-19,22-23H2,1H3. The predicted octanol–water partition coefficient (Wildman–Crippen LogP) is 7.46. The van der Waals surface area contributed by atoms with Gasteiger partial charge >= 0.3 is 6.18 Å². The molecule has 0 saturated heterocycles. The number of nitrogens with zero attached hydrogens (tertiary/aromatic N) is 2. The van der Waals surface area contributed by atoms with E-state index in [9.17, 15) is 22.8 Å². The van der Waals surface area contributed by atoms with Gasteiger partial charge in [0, 0.05) is 42.3 Å². The molecule has 42 heavy (non-hydrogen) atoms. The van der Waals surface area contributed by atoms with Gasteiger partial charge in [0.05, 0.1) is 5.56 Å². The van der Waals surface area contributed by atoms with E-state index in [4.69, 9.17) is 0 Å². The fourth-order valence-electron chi connectivity index (χ4n) is 5.20. The maximum Gasteiger partial charge on any atom is 0.416 e. The van der Waals surface area contributed by atoms with E-state index in [1.807, 2.05) is 73.8 Å². The second-order valence-corrected chi connectivity index (χ2v) is 10.4. The zero-order chi connectivity index (χ0) is 29.7. The molecule has 4 aromatic carbocycles. The Morgan fingerprint density at radius 1 is 0.810 bits per heavy atom. The highest BCUT2D eigenvalue weighted by Gasteiger charge is 2.30. The van der Waals surface area contributed by atoms with Crippen LogP contribution in [0.4, 0.5) is 13.2 Å². The molecular weight excluding hydrogens is 539 g/mol. The Morgan fingerprint density at radius 3 is 2.26 bits per heavy atom. The molecule has 8 heteroatoms. The highest BCUT2D eigenvalue weighted by molar-refractivity contribution is 6.00. The Morgan fingerprint density at radius 2 is 1.52 bits per heavy atom. The van der Waals surface area contributed by atoms with Crippen molar-refractivity contribution in [1.29, 1.82) is 0 Å². The molecule has 0 spiro atoms. The van der Waals surface area contributed by atoms with Gasteiger partial charge in [0.2, 0.25) is 5.91 Å². The summed E-state index contributed by atoms with van der Waals surface area (Å²) in [5, 5.41) is 3.01. The third-order valence-corrected chi connectivity index (χ3v) is 7.44. The lowest BCUT2D eigenvalue weighted by atomic mass is 10.1. The van der Waals surface area contributed by atoms with E-state index in [-0.39, 0.29) is 24.9 Å². The Hall–Kier alpha value is -4.59. The largest absolute Gasteiger partial charge is 0.416 e. The number of benzene rings is 4. The third-order valence-electron chi connectivity index (χ3n) is 7.44. The zero-order valence-corrected chi connectivity index (χ0v) is 23.3. The molecule has 2 amide bonds. The Balaban J connectivity index is 1.37. The van der Waals surface area contributed by atoms with E-state index < -0.39 is 11.7 Å². The van der Waals surface area contributed by atoms with Gasteiger partial charge in [0.15, 0.2) is 0 Å². The first-order valence-electron chi connectivity index (χ1n) is 14.0. The molecule has 0 aliphatic carbocycles. The minimum atomic E-state index is -4.44. The molecule has 1 heterocycles. The molecule has 5 aromatic rings. The van der Waals surface area contributed by atoms with Gasteiger partial charge in [-0.1, -0.05) is 67.6 Å². The fraction of sp³-hybridized carbons (Fsp3) is 0.235. The van der Waals surface area contributed by atoms with Gasteiger partial charge in [-0.05, 0) is 65.1 Å². The Bertz CT molecular complexity index is 1690. The van der Waals surface area contributed by atoms with Crippen molar-refractivity contribution in [3.63, 3.8) is 0 Å². The first kappa shape index (κ1) is 28.9. The Kier molecular flexibility index (Phi) is 8.61. The van der Waals surface area contributed by atoms with Crippen molar-refractivity contribution in [1.82, 2.24) is 14.8 Å². The summed E-state index contributed by atoms with van der Waals surface area (Å²) in [5.74, 6) is -0.501. The van der Waals surface area contributed by atoms with E-state index in [1.54, 1.807) is 15.9 Å². The number of amides is 2. The van der Waals surface area contributed by atoms with E-state index in [0.717, 1.165) is 39.4 Å². The summed E-state index contributed by atoms with van der Waals surface area (Å²) in [4.78, 5) is 33.8. The molecule has 1 N–H and O–H groups in total. The average Bonchev–Trinajstić information content (AvgIpc) is 3.41. The van der Waals surface area contributed by atoms with Crippen LogP contribution >= 0.6 is 0 Å². The fourth-order valence-corrected chi connectivity index (χ4v) is 5.20. The Labute approximate surface area is 242 Å². The van der Waals surface area contributed by atoms with Crippen LogP contribution < -0.4 is 0 Å². The predicted molar refractivity (Wildman–Crippen MR) is 159 cm³/mol. The summed E-state index contributed by atoms with van der Waals surface area (Å²) in [7, 11) is 0. The monoisotopic (exact) mass is 571 g/mol. The summed E-state index contributed by atoms with van der Waals surface area (Å²) >= 11 is 0. The number of carbonyl (C=O) groups excluding carboxylic acids is 2. The first-order valence-corrected chi connectivity index (χ1v) is 14.0. The van der Waals surface area contributed by atoms with Crippen molar-refractivity contribution < 1.29 is 22.8 Å². The molecule has 5 rings (SSSR count). The number of fused-ring (bicyclic) bond motifs is 2. The molecule has 0 aliphatic heterocycles. The number of nitrogens with one attached hydrogen (secondary N) is 1. The van der Waals surface area contributed by atoms with Crippen LogP contribution in [0.3, 0.4) is 0 Å². The van der Waals surface area contributed by atoms with Gasteiger partial charge in [-0.2, -0.15) is 13.2 Å². The van der Waals surface area contributed by atoms with Crippen LogP contribution in [0.2, 0.25) is 0 Å². The number of para-hydroxylation sites is 1. The molecule has 0 bridgehead atoms. The maximum absolute atomic E-state index is 13.8. The highest BCUT2D eigenvalue weighted by atomic mass is 19.4. The normalized spacial score (nSPS) is 11.6. The lowest BCUT2D eigenvalue weighted by Crippen LogP contribution is -2.43. The molecule has 0 fully saturated rings. The van der Waals surface area contributed by atoms with Gasteiger partial charge in [-0.3, -0.25) is 9.59 Å². The lowest BCUT2D eigenvalue weighted by Gasteiger charge is -2.28. The number of hydrogen-bond acceptors (Lipinski definition) is 2. The minimum absolute atomic E-state index is 0.128. The smallest absolute Gasteiger partial charge is 0.361 e. The van der Waals surface area contributed by atoms with Crippen LogP contribution in [0.1, 0.15) is 40.4 Å². The number of hydrogen-bond donors (Lipinski definition) is 1. The number of halogens is 3. The maximum atomic E-state index is 13.8. The molecule has 0 atom stereocenters. The highest BCUT2D eigenvalue weighted by Crippen LogP contribution is 2.29. The van der Waals surface area contributed by atoms with Crippen molar-refractivity contribution in [3.05, 3.63) is 119 Å². The molecule has 216 valence electrons. The molecule has 0 saturated carbocycles. The van der Waals surface area contributed by atoms with Crippen molar-refractivity contribution in [2.45, 2.75) is 32.5 Å². The van der Waals surface area contributed by atoms with Crippen LogP contribution in [0.5, 0.6) is 0 Å². The second-order valence-electron chi connectivity index (χ2n) is 10.4. The van der Waals surface area contributed by atoms with E-state index in [0.29, 0.717) is 37.1 Å². The third kappa shape index (κ3) is 6.65. The van der Waals surface area contributed by atoms with Crippen molar-refractivity contribution >= 4 is 33.5 Å². The summed E-state index contributed by atoms with van der Waals surface area (Å²) < 4.78 is 39.4. The number of aromatic amines is 1. The molecular formula is C34H32F3N3O2. The molecule has 0 radical (unpaired) electrons. The SMILES string of the molecule is CCCN(CC(=O)N(CCc1c[nH]c2ccccc12)Cc1ccc(C(F)(F)F)cc1)C(=O)c1ccc2ccccc2c1. The average molecular weight is 572 g/mol. The van der Waals surface area contributed by atoms with E-state index >= 15 is 0 Å². The van der Waals surface area contributed by atoms with Crippen LogP contribution in [0.15, 0.2) is 97.2 Å². The van der Waals surface area contributed by atoms with Crippen LogP contribution in [0, 0.1) is 0 Å². The van der Waals surface area contributed by atoms with E-state index in [2.05, 4.69) is 4.98 Å². The summed E-state index contributed by atoms with van der Waals surface area (Å²) in [6.45, 7) is 2.68. The van der Waals surface area contributed by atoms with Gasteiger partial charge < -0.3 is 14.8 Å². The quantitative estimate of drug-likeness (QED) is 0.189. The van der Waals surface area contributed by atoms with E-state index in [1.165, 1.54) is 12.1 Å². The van der Waals surface area contributed by atoms with Crippen molar-refractivity contribution in [2.24, 2.45) is 0 Å². The van der Waals surface area contributed by atoms with Gasteiger partial charge in [0.25, 0.3) is 5.91 Å². The van der Waals surface area contributed by atoms with Gasteiger partial charge in [-0.15, -0.1) is 0 Å². The zero-order valence-electron chi connectivity index (χ0n) is 23.3. The summed E-state index contributed by atoms with van der Waals surface area (Å²) in [6.07, 6.45) is -1.31. The van der Waals surface area contributed by atoms with Crippen LogP contribution in [-0.2, 0) is 23.9 Å². The molecule has 5 nitrogen and oxygen atoms in total. The topological polar surface area (TPSA) is 56.4 Å². The summed E-state index contributed by atoms with van der Waals surface area (Å²) in [5.41, 5.74) is 2.37. The number of rotatable bonds is 10. The second kappa shape index (κ2) is 12.5. The number of alkyl halides is 3. The van der Waals surface area contributed by atoms with Gasteiger partial charge in [-0.25, -0.2) is 0 Å². The van der Waals surface area contributed by atoms with Crippen LogP contribution in [0.25, 0.3) is 21.7 Å². The van der Waals surface area contributed by atoms with Gasteiger partial charge in [0.1, 0.15) is 6.54 Å². The molecule has 0 unspecified atom stereocenters. The first-order chi connectivity index (χ1) is 20.2. The minimum Gasteiger partial charge on any atom is -0.361 e. The van der Waals surface area contributed by atoms with Crippen molar-refractivity contribution in [3.8, 4) is 0 Å².